The quantitative estimate of drug-likeness (QED) is 0.487. The Kier molecular flexibility index (Phi) is 3.76. The Morgan fingerprint density at radius 1 is 1.04 bits per heavy atom. The Balaban J connectivity index is 1.61. The lowest BCUT2D eigenvalue weighted by Crippen LogP contribution is -2.22. The smallest absolute Gasteiger partial charge is 0.295 e. The molecule has 1 fully saturated rings. The second-order valence-electron chi connectivity index (χ2n) is 6.45. The van der Waals surface area contributed by atoms with Crippen molar-refractivity contribution < 1.29 is 9.52 Å². The molecule has 0 spiro atoms. The largest absolute Gasteiger partial charge is 0.506 e. The predicted molar refractivity (Wildman–Crippen MR) is 96.0 cm³/mol. The van der Waals surface area contributed by atoms with Gasteiger partial charge < -0.3 is 20.6 Å². The number of hydrogen-bond donors (Lipinski definition) is 3. The highest BCUT2D eigenvalue weighted by molar-refractivity contribution is 5.82. The zero-order valence-corrected chi connectivity index (χ0v) is 13.5. The molecule has 1 heterocycles. The normalized spacial score (nSPS) is 15.7. The van der Waals surface area contributed by atoms with Gasteiger partial charge in [-0.15, -0.1) is 0 Å². The summed E-state index contributed by atoms with van der Waals surface area (Å²) in [5.74, 6) is 0.0974. The number of phenols is 1. The summed E-state index contributed by atoms with van der Waals surface area (Å²) in [6, 6.07) is 12.1. The molecule has 1 aromatic heterocycles. The zero-order valence-electron chi connectivity index (χ0n) is 13.5. The number of nitrogens with one attached hydrogen (secondary N) is 1. The van der Waals surface area contributed by atoms with E-state index < -0.39 is 0 Å². The highest BCUT2D eigenvalue weighted by atomic mass is 16.4. The molecule has 5 heteroatoms. The maximum Gasteiger partial charge on any atom is 0.295 e. The van der Waals surface area contributed by atoms with Crippen LogP contribution in [0.1, 0.15) is 32.1 Å². The van der Waals surface area contributed by atoms with Gasteiger partial charge in [0.1, 0.15) is 11.3 Å². The molecule has 24 heavy (non-hydrogen) atoms. The van der Waals surface area contributed by atoms with Crippen molar-refractivity contribution >= 4 is 22.8 Å². The molecule has 1 aliphatic carbocycles. The number of nitrogens with zero attached hydrogens (tertiary/aromatic N) is 1. The summed E-state index contributed by atoms with van der Waals surface area (Å²) < 4.78 is 5.82. The van der Waals surface area contributed by atoms with Crippen LogP contribution in [-0.4, -0.2) is 16.1 Å². The first-order valence-corrected chi connectivity index (χ1v) is 8.45. The number of anilines is 2. The molecule has 4 rings (SSSR count). The molecule has 0 atom stereocenters. The zero-order chi connectivity index (χ0) is 16.5. The molecule has 5 nitrogen and oxygen atoms in total. The summed E-state index contributed by atoms with van der Waals surface area (Å²) in [4.78, 5) is 4.57. The van der Waals surface area contributed by atoms with Crippen LogP contribution in [0.2, 0.25) is 0 Å². The van der Waals surface area contributed by atoms with Crippen LogP contribution in [0.4, 0.5) is 11.7 Å². The van der Waals surface area contributed by atoms with Gasteiger partial charge in [-0.05, 0) is 48.2 Å². The molecule has 1 aliphatic rings. The maximum atomic E-state index is 9.56. The molecular formula is C19H21N3O2. The lowest BCUT2D eigenvalue weighted by molar-refractivity contribution is 0.451. The summed E-state index contributed by atoms with van der Waals surface area (Å²) >= 11 is 0. The van der Waals surface area contributed by atoms with E-state index in [0.29, 0.717) is 17.7 Å². The van der Waals surface area contributed by atoms with Crippen molar-refractivity contribution in [2.75, 3.05) is 11.1 Å². The van der Waals surface area contributed by atoms with Gasteiger partial charge in [-0.1, -0.05) is 31.4 Å². The van der Waals surface area contributed by atoms with Crippen LogP contribution < -0.4 is 11.1 Å². The number of fused-ring (bicyclic) bond motifs is 1. The second-order valence-corrected chi connectivity index (χ2v) is 6.45. The van der Waals surface area contributed by atoms with Gasteiger partial charge in [0.15, 0.2) is 5.58 Å². The highest BCUT2D eigenvalue weighted by Gasteiger charge is 2.16. The molecule has 0 saturated heterocycles. The van der Waals surface area contributed by atoms with E-state index in [2.05, 4.69) is 10.3 Å². The van der Waals surface area contributed by atoms with Gasteiger partial charge in [0.2, 0.25) is 0 Å². The minimum atomic E-state index is 0.0974. The molecule has 0 unspecified atom stereocenters. The van der Waals surface area contributed by atoms with Crippen LogP contribution in [0.3, 0.4) is 0 Å². The van der Waals surface area contributed by atoms with Crippen molar-refractivity contribution in [3.63, 3.8) is 0 Å². The van der Waals surface area contributed by atoms with Gasteiger partial charge >= 0.3 is 0 Å². The van der Waals surface area contributed by atoms with Crippen molar-refractivity contribution in [2.24, 2.45) is 0 Å². The molecule has 124 valence electrons. The third-order valence-electron chi connectivity index (χ3n) is 4.68. The van der Waals surface area contributed by atoms with Gasteiger partial charge in [-0.25, -0.2) is 0 Å². The monoisotopic (exact) mass is 323 g/mol. The average Bonchev–Trinajstić information content (AvgIpc) is 2.99. The molecule has 2 aromatic carbocycles. The van der Waals surface area contributed by atoms with Crippen molar-refractivity contribution in [2.45, 2.75) is 38.1 Å². The van der Waals surface area contributed by atoms with Crippen LogP contribution in [0.25, 0.3) is 22.2 Å². The summed E-state index contributed by atoms with van der Waals surface area (Å²) in [6.07, 6.45) is 6.22. The van der Waals surface area contributed by atoms with Gasteiger partial charge in [-0.2, -0.15) is 4.98 Å². The number of aromatic hydroxyl groups is 1. The summed E-state index contributed by atoms with van der Waals surface area (Å²) in [5.41, 5.74) is 9.67. The predicted octanol–water partition coefficient (Wildman–Crippen LogP) is 4.53. The van der Waals surface area contributed by atoms with Crippen LogP contribution in [-0.2, 0) is 0 Å². The summed E-state index contributed by atoms with van der Waals surface area (Å²) in [5, 5.41) is 13.0. The van der Waals surface area contributed by atoms with Crippen LogP contribution in [0, 0.1) is 0 Å². The Bertz CT molecular complexity index is 866. The SMILES string of the molecule is Nc1cc(-c2ccc3oc(NC4CCCCC4)nc3c2)ccc1O. The number of nitrogen functional groups attached to an aromatic ring is 1. The summed E-state index contributed by atoms with van der Waals surface area (Å²) in [7, 11) is 0. The van der Waals surface area contributed by atoms with E-state index >= 15 is 0 Å². The average molecular weight is 323 g/mol. The summed E-state index contributed by atoms with van der Waals surface area (Å²) in [6.45, 7) is 0. The Morgan fingerprint density at radius 3 is 2.58 bits per heavy atom. The fraction of sp³-hybridized carbons (Fsp3) is 0.316. The molecule has 3 aromatic rings. The standard InChI is InChI=1S/C19H21N3O2/c20-15-10-12(6-8-17(15)23)13-7-9-18-16(11-13)22-19(24-18)21-14-4-2-1-3-5-14/h6-11,14,23H,1-5,20H2,(H,21,22). The molecule has 1 saturated carbocycles. The number of oxazole rings is 1. The van der Waals surface area contributed by atoms with E-state index in [1.807, 2.05) is 24.3 Å². The topological polar surface area (TPSA) is 84.3 Å². The van der Waals surface area contributed by atoms with Crippen molar-refractivity contribution in [3.8, 4) is 16.9 Å². The number of benzene rings is 2. The Hall–Kier alpha value is -2.69. The van der Waals surface area contributed by atoms with Gasteiger partial charge in [0, 0.05) is 6.04 Å². The van der Waals surface area contributed by atoms with E-state index in [0.717, 1.165) is 22.2 Å². The highest BCUT2D eigenvalue weighted by Crippen LogP contribution is 2.31. The van der Waals surface area contributed by atoms with E-state index in [9.17, 15) is 5.11 Å². The van der Waals surface area contributed by atoms with E-state index in [1.165, 1.54) is 32.1 Å². The van der Waals surface area contributed by atoms with Crippen molar-refractivity contribution in [3.05, 3.63) is 36.4 Å². The van der Waals surface area contributed by atoms with Crippen LogP contribution in [0.5, 0.6) is 5.75 Å². The second kappa shape index (κ2) is 6.07. The van der Waals surface area contributed by atoms with Crippen LogP contribution in [0.15, 0.2) is 40.8 Å². The number of hydrogen-bond acceptors (Lipinski definition) is 5. The maximum absolute atomic E-state index is 9.56. The first-order valence-electron chi connectivity index (χ1n) is 8.45. The molecule has 0 aliphatic heterocycles. The lowest BCUT2D eigenvalue weighted by atomic mass is 9.96. The minimum absolute atomic E-state index is 0.0974. The van der Waals surface area contributed by atoms with E-state index in [-0.39, 0.29) is 5.75 Å². The number of rotatable bonds is 3. The third kappa shape index (κ3) is 2.89. The molecular weight excluding hydrogens is 302 g/mol. The number of aromatic nitrogens is 1. The minimum Gasteiger partial charge on any atom is -0.506 e. The number of nitrogens with two attached hydrogens (primary N) is 1. The van der Waals surface area contributed by atoms with Crippen molar-refractivity contribution in [1.29, 1.82) is 0 Å². The molecule has 4 N–H and O–H groups in total. The third-order valence-corrected chi connectivity index (χ3v) is 4.68. The van der Waals surface area contributed by atoms with Gasteiger partial charge in [0.05, 0.1) is 5.69 Å². The Labute approximate surface area is 140 Å². The van der Waals surface area contributed by atoms with Gasteiger partial charge in [-0.3, -0.25) is 0 Å². The van der Waals surface area contributed by atoms with Crippen LogP contribution >= 0.6 is 0 Å². The first-order chi connectivity index (χ1) is 11.7. The Morgan fingerprint density at radius 2 is 1.79 bits per heavy atom. The number of phenolic OH excluding ortho intramolecular Hbond substituents is 1. The molecule has 0 amide bonds. The molecule has 0 bridgehead atoms. The first kappa shape index (κ1) is 14.9. The van der Waals surface area contributed by atoms with Gasteiger partial charge in [0.25, 0.3) is 6.01 Å². The van der Waals surface area contributed by atoms with E-state index in [1.54, 1.807) is 12.1 Å². The lowest BCUT2D eigenvalue weighted by Gasteiger charge is -2.21. The molecule has 0 radical (unpaired) electrons. The van der Waals surface area contributed by atoms with E-state index in [4.69, 9.17) is 10.2 Å². The fourth-order valence-corrected chi connectivity index (χ4v) is 3.32. The van der Waals surface area contributed by atoms with Crippen molar-refractivity contribution in [1.82, 2.24) is 4.98 Å². The fourth-order valence-electron chi connectivity index (χ4n) is 3.32.